The molecule has 5 heteroatoms. The zero-order valence-corrected chi connectivity index (χ0v) is 11.2. The second kappa shape index (κ2) is 5.63. The second-order valence-electron chi connectivity index (χ2n) is 4.18. The molecule has 98 valence electrons. The normalized spacial score (nSPS) is 10.0. The van der Waals surface area contributed by atoms with Gasteiger partial charge in [-0.2, -0.15) is 0 Å². The van der Waals surface area contributed by atoms with Crippen molar-refractivity contribution in [1.82, 2.24) is 0 Å². The minimum atomic E-state index is -0.327. The quantitative estimate of drug-likeness (QED) is 0.728. The molecule has 0 fully saturated rings. The average Bonchev–Trinajstić information content (AvgIpc) is 2.34. The van der Waals surface area contributed by atoms with Gasteiger partial charge in [0.1, 0.15) is 0 Å². The number of rotatable bonds is 2. The number of halogens is 1. The smallest absolute Gasteiger partial charge is 0.323 e. The van der Waals surface area contributed by atoms with Crippen LogP contribution >= 0.6 is 11.6 Å². The van der Waals surface area contributed by atoms with Gasteiger partial charge in [-0.3, -0.25) is 0 Å². The molecule has 0 spiro atoms. The van der Waals surface area contributed by atoms with Crippen LogP contribution in [0, 0.1) is 6.92 Å². The Kier molecular flexibility index (Phi) is 3.92. The molecule has 0 aromatic heterocycles. The fourth-order valence-electron chi connectivity index (χ4n) is 1.64. The summed E-state index contributed by atoms with van der Waals surface area (Å²) in [6.07, 6.45) is 0. The Morgan fingerprint density at radius 1 is 1.11 bits per heavy atom. The van der Waals surface area contributed by atoms with Crippen LogP contribution in [0.3, 0.4) is 0 Å². The van der Waals surface area contributed by atoms with Crippen LogP contribution in [0.5, 0.6) is 0 Å². The van der Waals surface area contributed by atoms with Gasteiger partial charge >= 0.3 is 6.03 Å². The van der Waals surface area contributed by atoms with Crippen molar-refractivity contribution in [3.05, 3.63) is 53.1 Å². The first-order valence-corrected chi connectivity index (χ1v) is 6.12. The Morgan fingerprint density at radius 2 is 1.79 bits per heavy atom. The molecule has 19 heavy (non-hydrogen) atoms. The molecule has 2 aromatic rings. The summed E-state index contributed by atoms with van der Waals surface area (Å²) in [5.41, 5.74) is 8.49. The number of anilines is 3. The maximum Gasteiger partial charge on any atom is 0.323 e. The lowest BCUT2D eigenvalue weighted by Crippen LogP contribution is -2.19. The number of hydrogen-bond donors (Lipinski definition) is 3. The predicted molar refractivity (Wildman–Crippen MR) is 79.7 cm³/mol. The van der Waals surface area contributed by atoms with Crippen LogP contribution in [0.2, 0.25) is 5.02 Å². The van der Waals surface area contributed by atoms with Gasteiger partial charge in [-0.1, -0.05) is 23.7 Å². The molecule has 2 rings (SSSR count). The van der Waals surface area contributed by atoms with E-state index in [9.17, 15) is 4.79 Å². The highest BCUT2D eigenvalue weighted by molar-refractivity contribution is 6.33. The lowest BCUT2D eigenvalue weighted by molar-refractivity contribution is 0.262. The number of benzene rings is 2. The second-order valence-corrected chi connectivity index (χ2v) is 4.59. The third-order valence-electron chi connectivity index (χ3n) is 2.53. The molecule has 0 bridgehead atoms. The molecule has 0 saturated heterocycles. The highest BCUT2D eigenvalue weighted by Crippen LogP contribution is 2.22. The fraction of sp³-hybridized carbons (Fsp3) is 0.0714. The highest BCUT2D eigenvalue weighted by atomic mass is 35.5. The molecule has 0 aliphatic heterocycles. The highest BCUT2D eigenvalue weighted by Gasteiger charge is 2.04. The number of nitrogens with two attached hydrogens (primary N) is 1. The number of carbonyl (C=O) groups excluding carboxylic acids is 1. The van der Waals surface area contributed by atoms with Gasteiger partial charge in [0.2, 0.25) is 0 Å². The Bertz CT molecular complexity index is 613. The monoisotopic (exact) mass is 275 g/mol. The Morgan fingerprint density at radius 3 is 2.42 bits per heavy atom. The number of carbonyl (C=O) groups is 1. The van der Waals surface area contributed by atoms with Crippen molar-refractivity contribution in [2.24, 2.45) is 0 Å². The first-order chi connectivity index (χ1) is 9.04. The van der Waals surface area contributed by atoms with Crippen LogP contribution in [0.1, 0.15) is 5.56 Å². The zero-order valence-electron chi connectivity index (χ0n) is 10.4. The predicted octanol–water partition coefficient (Wildman–Crippen LogP) is 3.87. The minimum Gasteiger partial charge on any atom is -0.397 e. The lowest BCUT2D eigenvalue weighted by atomic mass is 10.2. The van der Waals surface area contributed by atoms with Crippen LogP contribution < -0.4 is 16.4 Å². The summed E-state index contributed by atoms with van der Waals surface area (Å²) in [5, 5.41) is 5.89. The molecule has 0 atom stereocenters. The third kappa shape index (κ3) is 3.63. The largest absolute Gasteiger partial charge is 0.397 e. The Balaban J connectivity index is 2.03. The van der Waals surface area contributed by atoms with E-state index in [1.165, 1.54) is 0 Å². The van der Waals surface area contributed by atoms with Gasteiger partial charge in [-0.15, -0.1) is 0 Å². The SMILES string of the molecule is Cc1cccc(NC(=O)Nc2ccc(Cl)c(N)c2)c1. The molecule has 0 heterocycles. The molecule has 4 nitrogen and oxygen atoms in total. The van der Waals surface area contributed by atoms with Crippen molar-refractivity contribution in [1.29, 1.82) is 0 Å². The maximum absolute atomic E-state index is 11.8. The van der Waals surface area contributed by atoms with Gasteiger partial charge in [0.25, 0.3) is 0 Å². The number of nitrogen functional groups attached to an aromatic ring is 1. The molecule has 0 aliphatic carbocycles. The van der Waals surface area contributed by atoms with Crippen molar-refractivity contribution in [2.75, 3.05) is 16.4 Å². The molecule has 0 saturated carbocycles. The first kappa shape index (κ1) is 13.2. The van der Waals surface area contributed by atoms with Gasteiger partial charge in [0.15, 0.2) is 0 Å². The van der Waals surface area contributed by atoms with E-state index in [0.717, 1.165) is 11.3 Å². The molecule has 0 unspecified atom stereocenters. The lowest BCUT2D eigenvalue weighted by Gasteiger charge is -2.09. The van der Waals surface area contributed by atoms with E-state index >= 15 is 0 Å². The van der Waals surface area contributed by atoms with E-state index < -0.39 is 0 Å². The zero-order chi connectivity index (χ0) is 13.8. The summed E-state index contributed by atoms with van der Waals surface area (Å²) in [6, 6.07) is 12.2. The summed E-state index contributed by atoms with van der Waals surface area (Å²) in [6.45, 7) is 1.96. The minimum absolute atomic E-state index is 0.327. The molecule has 4 N–H and O–H groups in total. The average molecular weight is 276 g/mol. The van der Waals surface area contributed by atoms with E-state index in [0.29, 0.717) is 16.4 Å². The van der Waals surface area contributed by atoms with Gasteiger partial charge in [-0.05, 0) is 42.8 Å². The molecule has 2 amide bonds. The molecule has 2 aromatic carbocycles. The van der Waals surface area contributed by atoms with Crippen molar-refractivity contribution in [3.63, 3.8) is 0 Å². The fourth-order valence-corrected chi connectivity index (χ4v) is 1.76. The molecule has 0 radical (unpaired) electrons. The van der Waals surface area contributed by atoms with Gasteiger partial charge < -0.3 is 16.4 Å². The van der Waals surface area contributed by atoms with Crippen molar-refractivity contribution >= 4 is 34.7 Å². The maximum atomic E-state index is 11.8. The van der Waals surface area contributed by atoms with Crippen LogP contribution in [-0.4, -0.2) is 6.03 Å². The third-order valence-corrected chi connectivity index (χ3v) is 2.87. The van der Waals surface area contributed by atoms with Crippen molar-refractivity contribution in [3.8, 4) is 0 Å². The number of amides is 2. The number of hydrogen-bond acceptors (Lipinski definition) is 2. The number of aryl methyl sites for hydroxylation is 1. The van der Waals surface area contributed by atoms with Gasteiger partial charge in [-0.25, -0.2) is 4.79 Å². The van der Waals surface area contributed by atoms with E-state index in [-0.39, 0.29) is 6.03 Å². The van der Waals surface area contributed by atoms with E-state index in [2.05, 4.69) is 10.6 Å². The van der Waals surface area contributed by atoms with Crippen LogP contribution in [0.4, 0.5) is 21.9 Å². The van der Waals surface area contributed by atoms with Crippen molar-refractivity contribution < 1.29 is 4.79 Å². The van der Waals surface area contributed by atoms with E-state index in [4.69, 9.17) is 17.3 Å². The first-order valence-electron chi connectivity index (χ1n) is 5.74. The van der Waals surface area contributed by atoms with E-state index in [1.807, 2.05) is 31.2 Å². The van der Waals surface area contributed by atoms with Crippen LogP contribution in [0.25, 0.3) is 0 Å². The Labute approximate surface area is 116 Å². The summed E-state index contributed by atoms with van der Waals surface area (Å²) < 4.78 is 0. The summed E-state index contributed by atoms with van der Waals surface area (Å²) >= 11 is 5.81. The summed E-state index contributed by atoms with van der Waals surface area (Å²) in [7, 11) is 0. The van der Waals surface area contributed by atoms with Gasteiger partial charge in [0.05, 0.1) is 10.7 Å². The number of nitrogens with one attached hydrogen (secondary N) is 2. The molecule has 0 aliphatic rings. The standard InChI is InChI=1S/C14H14ClN3O/c1-9-3-2-4-10(7-9)17-14(19)18-11-5-6-12(15)13(16)8-11/h2-8H,16H2,1H3,(H2,17,18,19). The molecular formula is C14H14ClN3O. The Hall–Kier alpha value is -2.20. The summed E-state index contributed by atoms with van der Waals surface area (Å²) in [5.74, 6) is 0. The van der Waals surface area contributed by atoms with E-state index in [1.54, 1.807) is 18.2 Å². The summed E-state index contributed by atoms with van der Waals surface area (Å²) in [4.78, 5) is 11.8. The topological polar surface area (TPSA) is 67.2 Å². The van der Waals surface area contributed by atoms with Crippen LogP contribution in [0.15, 0.2) is 42.5 Å². The van der Waals surface area contributed by atoms with Gasteiger partial charge in [0, 0.05) is 11.4 Å². The molecular weight excluding hydrogens is 262 g/mol. The van der Waals surface area contributed by atoms with Crippen molar-refractivity contribution in [2.45, 2.75) is 6.92 Å². The number of urea groups is 1. The van der Waals surface area contributed by atoms with Crippen LogP contribution in [-0.2, 0) is 0 Å².